The zero-order valence-corrected chi connectivity index (χ0v) is 29.7. The van der Waals surface area contributed by atoms with Gasteiger partial charge in [-0.3, -0.25) is 19.2 Å². The summed E-state index contributed by atoms with van der Waals surface area (Å²) in [7, 11) is 0. The molecule has 0 saturated heterocycles. The zero-order chi connectivity index (χ0) is 33.7. The Hall–Kier alpha value is -3.33. The molecule has 2 rings (SSSR count). The molecule has 0 spiro atoms. The van der Waals surface area contributed by atoms with Crippen molar-refractivity contribution in [2.24, 2.45) is 11.3 Å². The standard InChI is InChI=1S/C30H43Br2N7O6/c1-18(2)26(36-25(41)8-7-13-39-23(15-32)22(14-31)37-38-39)28(43)34-19(3)27(42)35-21-11-9-20(10-12-21)17-45-29(44)33-16-24(40)30(4,5)6/h9-12,18-19,26H,7-8,13-17H2,1-6H3,(H,33,44)(H,34,43)(H,35,42)(H,36,41)/t19-,26?/m0/s1. The van der Waals surface area contributed by atoms with Crippen LogP contribution in [0.5, 0.6) is 0 Å². The van der Waals surface area contributed by atoms with E-state index in [1.54, 1.807) is 56.6 Å². The van der Waals surface area contributed by atoms with Crippen LogP contribution in [0.2, 0.25) is 0 Å². The number of ketones is 1. The molecule has 0 aliphatic rings. The highest BCUT2D eigenvalue weighted by Gasteiger charge is 2.27. The Balaban J connectivity index is 1.81. The number of carbonyl (C=O) groups is 5. The third-order valence-electron chi connectivity index (χ3n) is 6.78. The summed E-state index contributed by atoms with van der Waals surface area (Å²) in [6.07, 6.45) is 0.00380. The number of alkyl carbamates (subject to hydrolysis) is 1. The van der Waals surface area contributed by atoms with Gasteiger partial charge < -0.3 is 26.0 Å². The van der Waals surface area contributed by atoms with E-state index in [0.717, 1.165) is 11.4 Å². The van der Waals surface area contributed by atoms with Crippen molar-refractivity contribution in [3.05, 3.63) is 41.2 Å². The van der Waals surface area contributed by atoms with Crippen molar-refractivity contribution in [2.45, 2.75) is 90.3 Å². The highest BCUT2D eigenvalue weighted by atomic mass is 79.9. The third-order valence-corrected chi connectivity index (χ3v) is 7.85. The maximum Gasteiger partial charge on any atom is 0.407 e. The van der Waals surface area contributed by atoms with Crippen molar-refractivity contribution in [3.63, 3.8) is 0 Å². The summed E-state index contributed by atoms with van der Waals surface area (Å²) in [6.45, 7) is 10.9. The van der Waals surface area contributed by atoms with Gasteiger partial charge in [0.25, 0.3) is 0 Å². The number of hydrogen-bond acceptors (Lipinski definition) is 8. The van der Waals surface area contributed by atoms with Crippen LogP contribution < -0.4 is 21.3 Å². The van der Waals surface area contributed by atoms with E-state index >= 15 is 0 Å². The number of aryl methyl sites for hydroxylation is 1. The first-order valence-corrected chi connectivity index (χ1v) is 16.9. The second-order valence-corrected chi connectivity index (χ2v) is 13.0. The first-order valence-electron chi connectivity index (χ1n) is 14.6. The van der Waals surface area contributed by atoms with Gasteiger partial charge in [0.2, 0.25) is 17.7 Å². The Morgan fingerprint density at radius 3 is 2.20 bits per heavy atom. The van der Waals surface area contributed by atoms with E-state index in [1.807, 2.05) is 13.8 Å². The van der Waals surface area contributed by atoms with Crippen LogP contribution in [0, 0.1) is 11.3 Å². The molecule has 248 valence electrons. The SMILES string of the molecule is CC(C)C(NC(=O)CCCn1nnc(CBr)c1CBr)C(=O)N[C@@H](C)C(=O)Nc1ccc(COC(=O)NCC(=O)C(C)(C)C)cc1. The molecular weight excluding hydrogens is 714 g/mol. The molecule has 45 heavy (non-hydrogen) atoms. The molecule has 0 bridgehead atoms. The fraction of sp³-hybridized carbons (Fsp3) is 0.567. The van der Waals surface area contributed by atoms with E-state index in [9.17, 15) is 24.0 Å². The average molecular weight is 758 g/mol. The van der Waals surface area contributed by atoms with Crippen LogP contribution in [0.3, 0.4) is 0 Å². The van der Waals surface area contributed by atoms with Crippen LogP contribution in [0.1, 0.15) is 71.3 Å². The number of amides is 4. The Morgan fingerprint density at radius 2 is 1.62 bits per heavy atom. The number of anilines is 1. The summed E-state index contributed by atoms with van der Waals surface area (Å²) in [5.41, 5.74) is 2.38. The topological polar surface area (TPSA) is 173 Å². The summed E-state index contributed by atoms with van der Waals surface area (Å²) in [5, 5.41) is 20.1. The van der Waals surface area contributed by atoms with Crippen molar-refractivity contribution in [1.82, 2.24) is 30.9 Å². The normalized spacial score (nSPS) is 12.6. The second kappa shape index (κ2) is 18.0. The summed E-state index contributed by atoms with van der Waals surface area (Å²) in [4.78, 5) is 62.3. The van der Waals surface area contributed by atoms with E-state index in [0.29, 0.717) is 34.9 Å². The van der Waals surface area contributed by atoms with Gasteiger partial charge in [0, 0.05) is 34.7 Å². The Morgan fingerprint density at radius 1 is 0.956 bits per heavy atom. The molecule has 0 aliphatic heterocycles. The molecule has 2 atom stereocenters. The summed E-state index contributed by atoms with van der Waals surface area (Å²) < 4.78 is 6.90. The lowest BCUT2D eigenvalue weighted by molar-refractivity contribution is -0.131. The lowest BCUT2D eigenvalue weighted by atomic mass is 9.91. The molecule has 4 amide bonds. The van der Waals surface area contributed by atoms with Gasteiger partial charge in [-0.15, -0.1) is 5.10 Å². The Kier molecular flexibility index (Phi) is 15.1. The number of rotatable bonds is 16. The number of alkyl halides is 2. The van der Waals surface area contributed by atoms with E-state index in [1.165, 1.54) is 0 Å². The highest BCUT2D eigenvalue weighted by molar-refractivity contribution is 9.09. The fourth-order valence-corrected chi connectivity index (χ4v) is 4.94. The number of carbonyl (C=O) groups excluding carboxylic acids is 5. The van der Waals surface area contributed by atoms with Gasteiger partial charge >= 0.3 is 6.09 Å². The smallest absolute Gasteiger partial charge is 0.407 e. The highest BCUT2D eigenvalue weighted by Crippen LogP contribution is 2.15. The van der Waals surface area contributed by atoms with Crippen LogP contribution in [-0.4, -0.2) is 63.2 Å². The second-order valence-electron chi connectivity index (χ2n) is 11.9. The summed E-state index contributed by atoms with van der Waals surface area (Å²) >= 11 is 6.83. The maximum absolute atomic E-state index is 13.0. The molecule has 4 N–H and O–H groups in total. The first kappa shape index (κ1) is 37.9. The summed E-state index contributed by atoms with van der Waals surface area (Å²) in [5.74, 6) is -1.50. The summed E-state index contributed by atoms with van der Waals surface area (Å²) in [6, 6.07) is 4.95. The molecule has 1 heterocycles. The molecule has 0 aliphatic carbocycles. The molecule has 15 heteroatoms. The number of nitrogens with zero attached hydrogens (tertiary/aromatic N) is 3. The third kappa shape index (κ3) is 12.5. The average Bonchev–Trinajstić information content (AvgIpc) is 3.39. The molecule has 1 unspecified atom stereocenters. The monoisotopic (exact) mass is 755 g/mol. The fourth-order valence-electron chi connectivity index (χ4n) is 3.89. The van der Waals surface area contributed by atoms with Gasteiger partial charge in [0.1, 0.15) is 18.7 Å². The van der Waals surface area contributed by atoms with Crippen molar-refractivity contribution in [2.75, 3.05) is 11.9 Å². The molecule has 1 aromatic carbocycles. The minimum absolute atomic E-state index is 0.0189. The van der Waals surface area contributed by atoms with Crippen molar-refractivity contribution >= 4 is 67.1 Å². The van der Waals surface area contributed by atoms with Crippen molar-refractivity contribution in [1.29, 1.82) is 0 Å². The van der Waals surface area contributed by atoms with Crippen molar-refractivity contribution < 1.29 is 28.7 Å². The number of aromatic nitrogens is 3. The van der Waals surface area contributed by atoms with Gasteiger partial charge in [-0.05, 0) is 37.0 Å². The Bertz CT molecular complexity index is 1330. The molecule has 13 nitrogen and oxygen atoms in total. The van der Waals surface area contributed by atoms with E-state index < -0.39 is 35.4 Å². The number of hydrogen-bond donors (Lipinski definition) is 4. The van der Waals surface area contributed by atoms with Crippen molar-refractivity contribution in [3.8, 4) is 0 Å². The van der Waals surface area contributed by atoms with Gasteiger partial charge in [-0.25, -0.2) is 9.48 Å². The number of ether oxygens (including phenoxy) is 1. The van der Waals surface area contributed by atoms with Crippen LogP contribution in [0.15, 0.2) is 24.3 Å². The Labute approximate surface area is 280 Å². The molecule has 2 aromatic rings. The molecular formula is C30H43Br2N7O6. The predicted molar refractivity (Wildman–Crippen MR) is 177 cm³/mol. The minimum atomic E-state index is -0.878. The lowest BCUT2D eigenvalue weighted by Crippen LogP contribution is -2.53. The number of Topliss-reactive ketones (excluding diaryl/α,β-unsaturated/α-hetero) is 1. The van der Waals surface area contributed by atoms with E-state index in [4.69, 9.17) is 4.74 Å². The number of benzene rings is 1. The number of nitrogens with one attached hydrogen (secondary N) is 4. The first-order chi connectivity index (χ1) is 21.2. The lowest BCUT2D eigenvalue weighted by Gasteiger charge is -2.24. The van der Waals surface area contributed by atoms with Gasteiger partial charge in [-0.2, -0.15) is 0 Å². The predicted octanol–water partition coefficient (Wildman–Crippen LogP) is 3.97. The van der Waals surface area contributed by atoms with Gasteiger partial charge in [0.05, 0.1) is 17.9 Å². The molecule has 0 fully saturated rings. The molecule has 1 aromatic heterocycles. The van der Waals surface area contributed by atoms with Gasteiger partial charge in [0.15, 0.2) is 5.78 Å². The van der Waals surface area contributed by atoms with E-state index in [2.05, 4.69) is 63.4 Å². The maximum atomic E-state index is 13.0. The minimum Gasteiger partial charge on any atom is -0.445 e. The van der Waals surface area contributed by atoms with Crippen LogP contribution in [0.25, 0.3) is 0 Å². The number of halogens is 2. The van der Waals surface area contributed by atoms with Crippen LogP contribution in [-0.2, 0) is 47.7 Å². The largest absolute Gasteiger partial charge is 0.445 e. The van der Waals surface area contributed by atoms with Crippen LogP contribution in [0.4, 0.5) is 10.5 Å². The van der Waals surface area contributed by atoms with Gasteiger partial charge in [-0.1, -0.05) is 83.8 Å². The molecule has 0 saturated carbocycles. The molecule has 0 radical (unpaired) electrons. The van der Waals surface area contributed by atoms with Crippen LogP contribution >= 0.6 is 31.9 Å². The zero-order valence-electron chi connectivity index (χ0n) is 26.5. The van der Waals surface area contributed by atoms with E-state index in [-0.39, 0.29) is 37.2 Å². The quantitative estimate of drug-likeness (QED) is 0.186.